The lowest BCUT2D eigenvalue weighted by molar-refractivity contribution is 0.150. The molecule has 8 heteroatoms. The molecule has 0 aromatic carbocycles. The summed E-state index contributed by atoms with van der Waals surface area (Å²) >= 11 is 2.97. The van der Waals surface area contributed by atoms with Gasteiger partial charge in [-0.3, -0.25) is 0 Å². The smallest absolute Gasteiger partial charge is 0.407 e. The molecule has 94 valence electrons. The first-order valence-corrected chi connectivity index (χ1v) is 7.17. The van der Waals surface area contributed by atoms with Crippen molar-refractivity contribution in [3.8, 4) is 0 Å². The van der Waals surface area contributed by atoms with Crippen LogP contribution in [0.3, 0.4) is 0 Å². The lowest BCUT2D eigenvalue weighted by Crippen LogP contribution is -2.16. The third-order valence-corrected chi connectivity index (χ3v) is 4.27. The van der Waals surface area contributed by atoms with Gasteiger partial charge in [-0.15, -0.1) is 11.3 Å². The molecule has 1 amide bonds. The van der Waals surface area contributed by atoms with Crippen molar-refractivity contribution in [2.24, 2.45) is 0 Å². The van der Waals surface area contributed by atoms with Gasteiger partial charge < -0.3 is 15.8 Å². The fraction of sp³-hybridized carbons (Fsp3) is 0.300. The van der Waals surface area contributed by atoms with Gasteiger partial charge in [-0.2, -0.15) is 0 Å². The summed E-state index contributed by atoms with van der Waals surface area (Å²) in [5, 5.41) is 6.05. The second kappa shape index (κ2) is 4.62. The van der Waals surface area contributed by atoms with Crippen molar-refractivity contribution in [1.29, 1.82) is 0 Å². The SMILES string of the molecule is Nc1nc(SCC2CNC(=O)O2)nc2sccc12. The molecular formula is C10H10N4O2S2. The summed E-state index contributed by atoms with van der Waals surface area (Å²) in [5.74, 6) is 1.11. The van der Waals surface area contributed by atoms with Crippen molar-refractivity contribution in [2.45, 2.75) is 11.3 Å². The number of carbonyl (C=O) groups excluding carboxylic acids is 1. The van der Waals surface area contributed by atoms with E-state index in [9.17, 15) is 4.79 Å². The predicted molar refractivity (Wildman–Crippen MR) is 70.8 cm³/mol. The standard InChI is InChI=1S/C10H10N4O2S2/c11-7-6-1-2-17-8(6)14-9(13-7)18-4-5-3-12-10(15)16-5/h1-2,5H,3-4H2,(H,12,15)(H2,11,13,14). The maximum atomic E-state index is 10.9. The van der Waals surface area contributed by atoms with Gasteiger partial charge in [-0.05, 0) is 11.4 Å². The molecule has 3 rings (SSSR count). The maximum absolute atomic E-state index is 10.9. The molecule has 1 fully saturated rings. The molecule has 2 aromatic rings. The van der Waals surface area contributed by atoms with E-state index in [2.05, 4.69) is 15.3 Å². The molecule has 0 saturated carbocycles. The number of fused-ring (bicyclic) bond motifs is 1. The Hall–Kier alpha value is -1.54. The van der Waals surface area contributed by atoms with E-state index in [-0.39, 0.29) is 12.2 Å². The van der Waals surface area contributed by atoms with Crippen LogP contribution in [0.5, 0.6) is 0 Å². The summed E-state index contributed by atoms with van der Waals surface area (Å²) < 4.78 is 5.03. The van der Waals surface area contributed by atoms with Gasteiger partial charge in [-0.1, -0.05) is 11.8 Å². The molecule has 1 atom stereocenters. The van der Waals surface area contributed by atoms with Crippen LogP contribution in [-0.4, -0.2) is 34.5 Å². The number of hydrogen-bond donors (Lipinski definition) is 2. The molecule has 6 nitrogen and oxygen atoms in total. The van der Waals surface area contributed by atoms with Crippen LogP contribution in [0.2, 0.25) is 0 Å². The number of nitrogens with two attached hydrogens (primary N) is 1. The molecule has 1 saturated heterocycles. The Morgan fingerprint density at radius 1 is 1.61 bits per heavy atom. The zero-order chi connectivity index (χ0) is 12.5. The van der Waals surface area contributed by atoms with Crippen LogP contribution < -0.4 is 11.1 Å². The van der Waals surface area contributed by atoms with Crippen LogP contribution in [-0.2, 0) is 4.74 Å². The van der Waals surface area contributed by atoms with E-state index >= 15 is 0 Å². The van der Waals surface area contributed by atoms with E-state index < -0.39 is 0 Å². The largest absolute Gasteiger partial charge is 0.443 e. The third-order valence-electron chi connectivity index (χ3n) is 2.48. The van der Waals surface area contributed by atoms with Crippen molar-refractivity contribution < 1.29 is 9.53 Å². The fourth-order valence-corrected chi connectivity index (χ4v) is 3.28. The summed E-state index contributed by atoms with van der Waals surface area (Å²) in [7, 11) is 0. The summed E-state index contributed by atoms with van der Waals surface area (Å²) in [6, 6.07) is 1.91. The number of ether oxygens (including phenoxy) is 1. The van der Waals surface area contributed by atoms with Crippen molar-refractivity contribution in [3.63, 3.8) is 0 Å². The third kappa shape index (κ3) is 2.21. The highest BCUT2D eigenvalue weighted by atomic mass is 32.2. The minimum absolute atomic E-state index is 0.133. The van der Waals surface area contributed by atoms with Crippen LogP contribution in [0.1, 0.15) is 0 Å². The molecule has 18 heavy (non-hydrogen) atoms. The summed E-state index contributed by atoms with van der Waals surface area (Å²) in [6.45, 7) is 0.530. The number of rotatable bonds is 3. The van der Waals surface area contributed by atoms with Gasteiger partial charge in [0.25, 0.3) is 0 Å². The number of alkyl carbamates (subject to hydrolysis) is 1. The number of cyclic esters (lactones) is 1. The first-order valence-electron chi connectivity index (χ1n) is 5.30. The number of hydrogen-bond acceptors (Lipinski definition) is 7. The molecule has 3 N–H and O–H groups in total. The van der Waals surface area contributed by atoms with E-state index in [1.54, 1.807) is 0 Å². The van der Waals surface area contributed by atoms with E-state index in [1.165, 1.54) is 23.1 Å². The first-order chi connectivity index (χ1) is 8.72. The van der Waals surface area contributed by atoms with Crippen LogP contribution in [0.15, 0.2) is 16.6 Å². The number of nitrogens with one attached hydrogen (secondary N) is 1. The molecule has 0 bridgehead atoms. The Labute approximate surface area is 111 Å². The van der Waals surface area contributed by atoms with Crippen molar-refractivity contribution in [1.82, 2.24) is 15.3 Å². The van der Waals surface area contributed by atoms with E-state index in [0.717, 1.165) is 10.2 Å². The molecule has 1 unspecified atom stereocenters. The number of thioether (sulfide) groups is 1. The van der Waals surface area contributed by atoms with Gasteiger partial charge in [0.2, 0.25) is 0 Å². The summed E-state index contributed by atoms with van der Waals surface area (Å²) in [5.41, 5.74) is 5.85. The normalized spacial score (nSPS) is 18.9. The lowest BCUT2D eigenvalue weighted by Gasteiger charge is -2.06. The topological polar surface area (TPSA) is 90.1 Å². The fourth-order valence-electron chi connectivity index (χ4n) is 1.61. The highest BCUT2D eigenvalue weighted by Crippen LogP contribution is 2.26. The molecule has 1 aliphatic rings. The average molecular weight is 282 g/mol. The summed E-state index contributed by atoms with van der Waals surface area (Å²) in [4.78, 5) is 20.4. The van der Waals surface area contributed by atoms with Crippen molar-refractivity contribution in [2.75, 3.05) is 18.0 Å². The molecular weight excluding hydrogens is 272 g/mol. The second-order valence-electron chi connectivity index (χ2n) is 3.75. The highest BCUT2D eigenvalue weighted by molar-refractivity contribution is 7.99. The van der Waals surface area contributed by atoms with E-state index in [0.29, 0.717) is 23.3 Å². The number of aromatic nitrogens is 2. The van der Waals surface area contributed by atoms with Gasteiger partial charge in [0.05, 0.1) is 11.9 Å². The lowest BCUT2D eigenvalue weighted by atomic mass is 10.4. The average Bonchev–Trinajstić information content (AvgIpc) is 2.95. The minimum atomic E-state index is -0.366. The Kier molecular flexibility index (Phi) is 2.96. The van der Waals surface area contributed by atoms with Gasteiger partial charge in [-0.25, -0.2) is 14.8 Å². The number of nitrogens with zero attached hydrogens (tertiary/aromatic N) is 2. The Morgan fingerprint density at radius 3 is 3.28 bits per heavy atom. The second-order valence-corrected chi connectivity index (χ2v) is 5.63. The number of nitrogen functional groups attached to an aromatic ring is 1. The van der Waals surface area contributed by atoms with Gasteiger partial charge >= 0.3 is 6.09 Å². The van der Waals surface area contributed by atoms with Crippen molar-refractivity contribution >= 4 is 45.2 Å². The molecule has 2 aromatic heterocycles. The van der Waals surface area contributed by atoms with Crippen LogP contribution in [0, 0.1) is 0 Å². The quantitative estimate of drug-likeness (QED) is 0.654. The Balaban J connectivity index is 1.72. The number of amides is 1. The number of thiophene rings is 1. The van der Waals surface area contributed by atoms with E-state index in [1.807, 2.05) is 11.4 Å². The zero-order valence-corrected chi connectivity index (χ0v) is 10.9. The zero-order valence-electron chi connectivity index (χ0n) is 9.25. The maximum Gasteiger partial charge on any atom is 0.407 e. The number of anilines is 1. The molecule has 3 heterocycles. The van der Waals surface area contributed by atoms with Gasteiger partial charge in [0, 0.05) is 5.75 Å². The summed E-state index contributed by atoms with van der Waals surface area (Å²) in [6.07, 6.45) is -0.499. The first kappa shape index (κ1) is 11.5. The van der Waals surface area contributed by atoms with Crippen molar-refractivity contribution in [3.05, 3.63) is 11.4 Å². The van der Waals surface area contributed by atoms with Crippen LogP contribution in [0.25, 0.3) is 10.2 Å². The van der Waals surface area contributed by atoms with Gasteiger partial charge in [0.1, 0.15) is 16.8 Å². The highest BCUT2D eigenvalue weighted by Gasteiger charge is 2.22. The molecule has 1 aliphatic heterocycles. The van der Waals surface area contributed by atoms with Crippen LogP contribution in [0.4, 0.5) is 10.6 Å². The number of carbonyl (C=O) groups is 1. The minimum Gasteiger partial charge on any atom is -0.443 e. The Morgan fingerprint density at radius 2 is 2.50 bits per heavy atom. The van der Waals surface area contributed by atoms with Gasteiger partial charge in [0.15, 0.2) is 5.16 Å². The monoisotopic (exact) mass is 282 g/mol. The molecule has 0 spiro atoms. The molecule has 0 aliphatic carbocycles. The van der Waals surface area contributed by atoms with E-state index in [4.69, 9.17) is 10.5 Å². The predicted octanol–water partition coefficient (Wildman–Crippen LogP) is 1.47. The van der Waals surface area contributed by atoms with Crippen LogP contribution >= 0.6 is 23.1 Å². The molecule has 0 radical (unpaired) electrons. The Bertz CT molecular complexity index is 601.